The van der Waals surface area contributed by atoms with E-state index in [-0.39, 0.29) is 12.2 Å². The lowest BCUT2D eigenvalue weighted by Gasteiger charge is -2.17. The van der Waals surface area contributed by atoms with Gasteiger partial charge in [0.25, 0.3) is 0 Å². The molecule has 0 bridgehead atoms. The molecular weight excluding hydrogens is 263 g/mol. The van der Waals surface area contributed by atoms with Crippen molar-refractivity contribution in [2.45, 2.75) is 24.7 Å². The number of aromatic nitrogens is 1. The summed E-state index contributed by atoms with van der Waals surface area (Å²) in [5.41, 5.74) is 0.497. The smallest absolute Gasteiger partial charge is 0.141 e. The molecule has 6 heteroatoms. The third-order valence-corrected chi connectivity index (χ3v) is 3.71. The third-order valence-electron chi connectivity index (χ3n) is 3.71. The van der Waals surface area contributed by atoms with E-state index in [0.29, 0.717) is 12.1 Å². The largest absolute Gasteiger partial charge is 0.387 e. The zero-order valence-electron chi connectivity index (χ0n) is 11.8. The fourth-order valence-corrected chi connectivity index (χ4v) is 2.49. The van der Waals surface area contributed by atoms with Gasteiger partial charge in [0.1, 0.15) is 5.82 Å². The van der Waals surface area contributed by atoms with Crippen molar-refractivity contribution in [3.05, 3.63) is 29.8 Å². The Morgan fingerprint density at radius 2 is 2.00 bits per heavy atom. The second-order valence-corrected chi connectivity index (χ2v) is 5.01. The molecule has 0 saturated carbocycles. The van der Waals surface area contributed by atoms with Crippen molar-refractivity contribution in [1.82, 2.24) is 9.88 Å². The number of nitrogens with zero attached hydrogens (tertiary/aromatic N) is 2. The van der Waals surface area contributed by atoms with Crippen LogP contribution in [0.2, 0.25) is 0 Å². The first-order valence-corrected chi connectivity index (χ1v) is 6.71. The Labute approximate surface area is 118 Å². The van der Waals surface area contributed by atoms with Crippen molar-refractivity contribution in [2.24, 2.45) is 0 Å². The predicted octanol–water partition coefficient (Wildman–Crippen LogP) is 0.990. The number of likely N-dealkylation sites (tertiary alicyclic amines) is 1. The summed E-state index contributed by atoms with van der Waals surface area (Å²) in [6.45, 7) is 2.30. The Bertz CT molecular complexity index is 403. The van der Waals surface area contributed by atoms with Crippen molar-refractivity contribution in [1.29, 1.82) is 0 Å². The van der Waals surface area contributed by atoms with Crippen molar-refractivity contribution in [3.8, 4) is 0 Å². The van der Waals surface area contributed by atoms with Crippen LogP contribution in [0.15, 0.2) is 18.3 Å². The first-order chi connectivity index (χ1) is 9.63. The summed E-state index contributed by atoms with van der Waals surface area (Å²) in [5, 5.41) is 10.0. The Kier molecular flexibility index (Phi) is 5.42. The maximum atomic E-state index is 12.8. The SMILES string of the molecule is COC1CN(CCC(O)c2ccc(F)cn2)CC1OC. The normalized spacial score (nSPS) is 25.0. The molecule has 0 spiro atoms. The lowest BCUT2D eigenvalue weighted by atomic mass is 10.1. The number of pyridine rings is 1. The second-order valence-electron chi connectivity index (χ2n) is 5.01. The molecule has 112 valence electrons. The molecule has 3 unspecified atom stereocenters. The molecule has 1 aliphatic heterocycles. The van der Waals surface area contributed by atoms with Crippen LogP contribution >= 0.6 is 0 Å². The Morgan fingerprint density at radius 3 is 2.50 bits per heavy atom. The highest BCUT2D eigenvalue weighted by Crippen LogP contribution is 2.19. The number of hydrogen-bond donors (Lipinski definition) is 1. The van der Waals surface area contributed by atoms with Gasteiger partial charge in [-0.2, -0.15) is 0 Å². The van der Waals surface area contributed by atoms with Crippen molar-refractivity contribution < 1.29 is 19.0 Å². The van der Waals surface area contributed by atoms with Crippen LogP contribution < -0.4 is 0 Å². The number of aliphatic hydroxyl groups is 1. The molecular formula is C14H21FN2O3. The fraction of sp³-hybridized carbons (Fsp3) is 0.643. The number of aliphatic hydroxyl groups excluding tert-OH is 1. The molecule has 1 aromatic rings. The minimum atomic E-state index is -0.682. The van der Waals surface area contributed by atoms with E-state index in [1.807, 2.05) is 0 Å². The molecule has 20 heavy (non-hydrogen) atoms. The van der Waals surface area contributed by atoms with Crippen LogP contribution in [0, 0.1) is 5.82 Å². The van der Waals surface area contributed by atoms with Crippen LogP contribution in [0.25, 0.3) is 0 Å². The first kappa shape index (κ1) is 15.3. The van der Waals surface area contributed by atoms with Gasteiger partial charge in [-0.25, -0.2) is 4.39 Å². The minimum Gasteiger partial charge on any atom is -0.387 e. The molecule has 3 atom stereocenters. The summed E-state index contributed by atoms with van der Waals surface area (Å²) in [4.78, 5) is 6.08. The van der Waals surface area contributed by atoms with Gasteiger partial charge in [0.05, 0.1) is 30.2 Å². The Morgan fingerprint density at radius 1 is 1.35 bits per heavy atom. The van der Waals surface area contributed by atoms with Crippen LogP contribution in [0.4, 0.5) is 4.39 Å². The molecule has 1 N–H and O–H groups in total. The molecule has 1 aliphatic rings. The first-order valence-electron chi connectivity index (χ1n) is 6.71. The van der Waals surface area contributed by atoms with Gasteiger partial charge in [-0.1, -0.05) is 0 Å². The molecule has 1 fully saturated rings. The minimum absolute atomic E-state index is 0.0705. The average Bonchev–Trinajstić information content (AvgIpc) is 2.88. The fourth-order valence-electron chi connectivity index (χ4n) is 2.49. The van der Waals surface area contributed by atoms with E-state index in [1.165, 1.54) is 12.1 Å². The van der Waals surface area contributed by atoms with Gasteiger partial charge in [0, 0.05) is 33.9 Å². The summed E-state index contributed by atoms with van der Waals surface area (Å²) < 4.78 is 23.5. The van der Waals surface area contributed by atoms with Gasteiger partial charge < -0.3 is 14.6 Å². The number of halogens is 1. The molecule has 0 aromatic carbocycles. The van der Waals surface area contributed by atoms with Crippen molar-refractivity contribution in [2.75, 3.05) is 33.9 Å². The molecule has 1 aromatic heterocycles. The van der Waals surface area contributed by atoms with Crippen LogP contribution in [0.5, 0.6) is 0 Å². The monoisotopic (exact) mass is 284 g/mol. The summed E-state index contributed by atoms with van der Waals surface area (Å²) in [5.74, 6) is -0.397. The number of rotatable bonds is 6. The molecule has 0 aliphatic carbocycles. The summed E-state index contributed by atoms with van der Waals surface area (Å²) in [6, 6.07) is 2.82. The van der Waals surface area contributed by atoms with Gasteiger partial charge in [0.2, 0.25) is 0 Å². The van der Waals surface area contributed by atoms with E-state index in [1.54, 1.807) is 14.2 Å². The molecule has 1 saturated heterocycles. The van der Waals surface area contributed by atoms with Gasteiger partial charge in [-0.15, -0.1) is 0 Å². The average molecular weight is 284 g/mol. The van der Waals surface area contributed by atoms with Gasteiger partial charge in [-0.3, -0.25) is 9.88 Å². The van der Waals surface area contributed by atoms with Gasteiger partial charge in [-0.05, 0) is 18.6 Å². The highest BCUT2D eigenvalue weighted by Gasteiger charge is 2.32. The van der Waals surface area contributed by atoms with Crippen molar-refractivity contribution >= 4 is 0 Å². The van der Waals surface area contributed by atoms with E-state index in [0.717, 1.165) is 25.8 Å². The van der Waals surface area contributed by atoms with Crippen LogP contribution in [-0.4, -0.2) is 61.1 Å². The maximum Gasteiger partial charge on any atom is 0.141 e. The predicted molar refractivity (Wildman–Crippen MR) is 71.8 cm³/mol. The summed E-state index contributed by atoms with van der Waals surface area (Å²) in [6.07, 6.45) is 1.13. The highest BCUT2D eigenvalue weighted by atomic mass is 19.1. The van der Waals surface area contributed by atoms with E-state index in [2.05, 4.69) is 9.88 Å². The third kappa shape index (κ3) is 3.73. The Balaban J connectivity index is 1.82. The van der Waals surface area contributed by atoms with E-state index >= 15 is 0 Å². The van der Waals surface area contributed by atoms with Crippen LogP contribution in [-0.2, 0) is 9.47 Å². The quantitative estimate of drug-likeness (QED) is 0.844. The summed E-state index contributed by atoms with van der Waals surface area (Å²) in [7, 11) is 3.36. The molecule has 5 nitrogen and oxygen atoms in total. The molecule has 2 heterocycles. The van der Waals surface area contributed by atoms with Gasteiger partial charge >= 0.3 is 0 Å². The van der Waals surface area contributed by atoms with Crippen molar-refractivity contribution in [3.63, 3.8) is 0 Å². The lowest BCUT2D eigenvalue weighted by Crippen LogP contribution is -2.27. The highest BCUT2D eigenvalue weighted by molar-refractivity contribution is 5.08. The number of ether oxygens (including phenoxy) is 2. The van der Waals surface area contributed by atoms with Crippen LogP contribution in [0.1, 0.15) is 18.2 Å². The maximum absolute atomic E-state index is 12.8. The zero-order chi connectivity index (χ0) is 14.5. The molecule has 2 rings (SSSR count). The topological polar surface area (TPSA) is 54.8 Å². The second kappa shape index (κ2) is 7.08. The lowest BCUT2D eigenvalue weighted by molar-refractivity contribution is -0.00461. The molecule has 0 radical (unpaired) electrons. The van der Waals surface area contributed by atoms with E-state index in [9.17, 15) is 9.50 Å². The standard InChI is InChI=1S/C14H21FN2O3/c1-19-13-8-17(9-14(13)20-2)6-5-12(18)11-4-3-10(15)7-16-11/h3-4,7,12-14,18H,5-6,8-9H2,1-2H3. The number of hydrogen-bond acceptors (Lipinski definition) is 5. The number of methoxy groups -OCH3 is 2. The van der Waals surface area contributed by atoms with E-state index in [4.69, 9.17) is 9.47 Å². The van der Waals surface area contributed by atoms with Gasteiger partial charge in [0.15, 0.2) is 0 Å². The van der Waals surface area contributed by atoms with E-state index < -0.39 is 11.9 Å². The Hall–Kier alpha value is -1.08. The summed E-state index contributed by atoms with van der Waals surface area (Å²) >= 11 is 0. The van der Waals surface area contributed by atoms with Crippen LogP contribution in [0.3, 0.4) is 0 Å². The molecule has 0 amide bonds. The zero-order valence-corrected chi connectivity index (χ0v) is 11.8.